The van der Waals surface area contributed by atoms with Crippen molar-refractivity contribution in [3.05, 3.63) is 28.8 Å². The van der Waals surface area contributed by atoms with Gasteiger partial charge in [0.15, 0.2) is 0 Å². The van der Waals surface area contributed by atoms with E-state index in [1.165, 1.54) is 6.42 Å². The number of benzene rings is 1. The zero-order valence-electron chi connectivity index (χ0n) is 13.1. The Labute approximate surface area is 145 Å². The monoisotopic (exact) mass is 384 g/mol. The van der Waals surface area contributed by atoms with Crippen LogP contribution in [0.5, 0.6) is 0 Å². The van der Waals surface area contributed by atoms with Crippen molar-refractivity contribution in [3.8, 4) is 0 Å². The Hall–Kier alpha value is -0.830. The maximum atomic E-state index is 12.7. The standard InChI is InChI=1S/C15H20ClF3N2O2S/c16-13-6-5-12(15(17,18)19)11-14(13)24(22,23)20-7-4-10-21-8-2-1-3-9-21/h5-6,11,20H,1-4,7-10H2. The highest BCUT2D eigenvalue weighted by Crippen LogP contribution is 2.33. The van der Waals surface area contributed by atoms with E-state index in [1.54, 1.807) is 0 Å². The molecule has 4 nitrogen and oxygen atoms in total. The van der Waals surface area contributed by atoms with Crippen LogP contribution in [-0.2, 0) is 16.2 Å². The number of nitrogens with one attached hydrogen (secondary N) is 1. The fourth-order valence-corrected chi connectivity index (χ4v) is 4.25. The largest absolute Gasteiger partial charge is 0.416 e. The Balaban J connectivity index is 1.97. The van der Waals surface area contributed by atoms with Crippen molar-refractivity contribution in [2.24, 2.45) is 0 Å². The molecule has 0 aromatic heterocycles. The highest BCUT2D eigenvalue weighted by atomic mass is 35.5. The molecule has 1 saturated heterocycles. The second-order valence-corrected chi connectivity index (χ2v) is 7.94. The summed E-state index contributed by atoms with van der Waals surface area (Å²) in [5.41, 5.74) is -1.04. The molecule has 1 heterocycles. The number of hydrogen-bond acceptors (Lipinski definition) is 3. The molecule has 0 atom stereocenters. The first-order chi connectivity index (χ1) is 11.2. The minimum Gasteiger partial charge on any atom is -0.303 e. The average Bonchev–Trinajstić information content (AvgIpc) is 2.52. The fraction of sp³-hybridized carbons (Fsp3) is 0.600. The van der Waals surface area contributed by atoms with Crippen LogP contribution in [0, 0.1) is 0 Å². The van der Waals surface area contributed by atoms with Gasteiger partial charge in [-0.15, -0.1) is 0 Å². The van der Waals surface area contributed by atoms with Crippen LogP contribution in [0.25, 0.3) is 0 Å². The number of likely N-dealkylation sites (tertiary alicyclic amines) is 1. The van der Waals surface area contributed by atoms with E-state index in [4.69, 9.17) is 11.6 Å². The number of alkyl halides is 3. The fourth-order valence-electron chi connectivity index (χ4n) is 2.66. The first-order valence-electron chi connectivity index (χ1n) is 7.79. The van der Waals surface area contributed by atoms with Gasteiger partial charge in [0.25, 0.3) is 0 Å². The van der Waals surface area contributed by atoms with Gasteiger partial charge in [0.1, 0.15) is 4.90 Å². The lowest BCUT2D eigenvalue weighted by Gasteiger charge is -2.26. The maximum absolute atomic E-state index is 12.7. The molecule has 0 aliphatic carbocycles. The lowest BCUT2D eigenvalue weighted by molar-refractivity contribution is -0.137. The quantitative estimate of drug-likeness (QED) is 0.763. The molecule has 0 amide bonds. The second kappa shape index (κ2) is 8.03. The summed E-state index contributed by atoms with van der Waals surface area (Å²) in [6.07, 6.45) is -0.521. The molecule has 1 N–H and O–H groups in total. The third-order valence-electron chi connectivity index (χ3n) is 3.94. The van der Waals surface area contributed by atoms with Gasteiger partial charge >= 0.3 is 6.18 Å². The van der Waals surface area contributed by atoms with Crippen molar-refractivity contribution in [1.82, 2.24) is 9.62 Å². The van der Waals surface area contributed by atoms with Gasteiger partial charge in [0, 0.05) is 6.54 Å². The Morgan fingerprint density at radius 1 is 1.17 bits per heavy atom. The van der Waals surface area contributed by atoms with Gasteiger partial charge in [-0.25, -0.2) is 13.1 Å². The number of hydrogen-bond donors (Lipinski definition) is 1. The molecular weight excluding hydrogens is 365 g/mol. The summed E-state index contributed by atoms with van der Waals surface area (Å²) in [4.78, 5) is 1.71. The third-order valence-corrected chi connectivity index (χ3v) is 5.88. The number of rotatable bonds is 6. The van der Waals surface area contributed by atoms with Crippen LogP contribution >= 0.6 is 11.6 Å². The van der Waals surface area contributed by atoms with Gasteiger partial charge < -0.3 is 4.90 Å². The molecular formula is C15H20ClF3N2O2S. The van der Waals surface area contributed by atoms with Crippen LogP contribution in [-0.4, -0.2) is 39.5 Å². The molecule has 0 radical (unpaired) electrons. The molecule has 0 saturated carbocycles. The molecule has 1 aliphatic rings. The van der Waals surface area contributed by atoms with Crippen LogP contribution in [0.15, 0.2) is 23.1 Å². The zero-order valence-corrected chi connectivity index (χ0v) is 14.6. The molecule has 9 heteroatoms. The maximum Gasteiger partial charge on any atom is 0.416 e. The smallest absolute Gasteiger partial charge is 0.303 e. The van der Waals surface area contributed by atoms with Gasteiger partial charge in [-0.2, -0.15) is 13.2 Å². The summed E-state index contributed by atoms with van der Waals surface area (Å²) in [5.74, 6) is 0. The van der Waals surface area contributed by atoms with E-state index in [-0.39, 0.29) is 11.6 Å². The van der Waals surface area contributed by atoms with Crippen molar-refractivity contribution in [2.75, 3.05) is 26.2 Å². The number of nitrogens with zero attached hydrogens (tertiary/aromatic N) is 1. The van der Waals surface area contributed by atoms with Crippen molar-refractivity contribution in [3.63, 3.8) is 0 Å². The van der Waals surface area contributed by atoms with Crippen LogP contribution in [0.3, 0.4) is 0 Å². The van der Waals surface area contributed by atoms with Gasteiger partial charge in [-0.05, 0) is 57.1 Å². The van der Waals surface area contributed by atoms with E-state index >= 15 is 0 Å². The second-order valence-electron chi connectivity index (χ2n) is 5.80. The summed E-state index contributed by atoms with van der Waals surface area (Å²) in [5, 5.41) is -0.230. The van der Waals surface area contributed by atoms with E-state index in [0.29, 0.717) is 12.5 Å². The van der Waals surface area contributed by atoms with E-state index in [1.807, 2.05) is 0 Å². The lowest BCUT2D eigenvalue weighted by atomic mass is 10.1. The summed E-state index contributed by atoms with van der Waals surface area (Å²) in [6.45, 7) is 2.93. The Morgan fingerprint density at radius 3 is 2.46 bits per heavy atom. The summed E-state index contributed by atoms with van der Waals surface area (Å²) in [6, 6.07) is 2.28. The van der Waals surface area contributed by atoms with Crippen molar-refractivity contribution >= 4 is 21.6 Å². The topological polar surface area (TPSA) is 49.4 Å². The SMILES string of the molecule is O=S(=O)(NCCCN1CCCCC1)c1cc(C(F)(F)F)ccc1Cl. The number of sulfonamides is 1. The molecule has 0 unspecified atom stereocenters. The van der Waals surface area contributed by atoms with E-state index in [9.17, 15) is 21.6 Å². The summed E-state index contributed by atoms with van der Waals surface area (Å²) >= 11 is 5.77. The molecule has 0 bridgehead atoms. The third kappa shape index (κ3) is 5.34. The van der Waals surface area contributed by atoms with E-state index < -0.39 is 26.7 Å². The van der Waals surface area contributed by atoms with Gasteiger partial charge in [0.05, 0.1) is 10.6 Å². The van der Waals surface area contributed by atoms with Crippen molar-refractivity contribution in [2.45, 2.75) is 36.8 Å². The minimum absolute atomic E-state index is 0.158. The highest BCUT2D eigenvalue weighted by Gasteiger charge is 2.32. The molecule has 0 spiro atoms. The van der Waals surface area contributed by atoms with Gasteiger partial charge in [0.2, 0.25) is 10.0 Å². The molecule has 136 valence electrons. The Bertz CT molecular complexity index is 659. The van der Waals surface area contributed by atoms with E-state index in [2.05, 4.69) is 9.62 Å². The highest BCUT2D eigenvalue weighted by molar-refractivity contribution is 7.89. The van der Waals surface area contributed by atoms with Crippen LogP contribution < -0.4 is 4.72 Å². The van der Waals surface area contributed by atoms with Crippen LogP contribution in [0.1, 0.15) is 31.2 Å². The molecule has 2 rings (SSSR count). The molecule has 1 aromatic carbocycles. The first-order valence-corrected chi connectivity index (χ1v) is 9.65. The minimum atomic E-state index is -4.62. The molecule has 1 aliphatic heterocycles. The lowest BCUT2D eigenvalue weighted by Crippen LogP contribution is -2.33. The normalized spacial score (nSPS) is 17.2. The zero-order chi connectivity index (χ0) is 17.8. The van der Waals surface area contributed by atoms with Gasteiger partial charge in [-0.3, -0.25) is 0 Å². The molecule has 1 fully saturated rings. The predicted octanol–water partition coefficient (Wildman–Crippen LogP) is 3.51. The molecule has 1 aromatic rings. The van der Waals surface area contributed by atoms with Crippen LogP contribution in [0.4, 0.5) is 13.2 Å². The predicted molar refractivity (Wildman–Crippen MR) is 86.6 cm³/mol. The number of piperidine rings is 1. The van der Waals surface area contributed by atoms with Crippen molar-refractivity contribution in [1.29, 1.82) is 0 Å². The average molecular weight is 385 g/mol. The summed E-state index contributed by atoms with van der Waals surface area (Å²) in [7, 11) is -4.08. The Morgan fingerprint density at radius 2 is 1.83 bits per heavy atom. The number of halogens is 4. The van der Waals surface area contributed by atoms with Crippen molar-refractivity contribution < 1.29 is 21.6 Å². The van der Waals surface area contributed by atoms with Crippen LogP contribution in [0.2, 0.25) is 5.02 Å². The summed E-state index contributed by atoms with van der Waals surface area (Å²) < 4.78 is 65.0. The van der Waals surface area contributed by atoms with Gasteiger partial charge in [-0.1, -0.05) is 18.0 Å². The van der Waals surface area contributed by atoms with E-state index in [0.717, 1.165) is 44.6 Å². The first kappa shape index (κ1) is 19.5. The Kier molecular flexibility index (Phi) is 6.52. The molecule has 24 heavy (non-hydrogen) atoms.